The summed E-state index contributed by atoms with van der Waals surface area (Å²) in [4.78, 5) is 26.0. The van der Waals surface area contributed by atoms with Crippen molar-refractivity contribution in [3.05, 3.63) is 29.8 Å². The van der Waals surface area contributed by atoms with Crippen molar-refractivity contribution in [2.75, 3.05) is 18.4 Å². The maximum absolute atomic E-state index is 12.3. The summed E-state index contributed by atoms with van der Waals surface area (Å²) in [7, 11) is 0. The van der Waals surface area contributed by atoms with Crippen molar-refractivity contribution in [1.82, 2.24) is 4.90 Å². The van der Waals surface area contributed by atoms with Gasteiger partial charge in [0, 0.05) is 18.7 Å². The zero-order valence-corrected chi connectivity index (χ0v) is 14.4. The highest BCUT2D eigenvalue weighted by Gasteiger charge is 2.22. The average molecular weight is 336 g/mol. The van der Waals surface area contributed by atoms with E-state index in [9.17, 15) is 9.59 Å². The minimum absolute atomic E-state index is 0.0659. The summed E-state index contributed by atoms with van der Waals surface area (Å²) >= 11 is 6.79. The maximum Gasteiger partial charge on any atom is 0.237 e. The molecule has 2 rings (SSSR count). The van der Waals surface area contributed by atoms with E-state index in [1.165, 1.54) is 18.7 Å². The molecular formula is C16H20N2O2S2. The topological polar surface area (TPSA) is 49.4 Å². The molecule has 118 valence electrons. The van der Waals surface area contributed by atoms with Gasteiger partial charge in [-0.15, -0.1) is 0 Å². The molecule has 1 atom stereocenters. The molecule has 1 aliphatic heterocycles. The first-order chi connectivity index (χ1) is 10.5. The second-order valence-electron chi connectivity index (χ2n) is 5.31. The minimum Gasteiger partial charge on any atom is -0.358 e. The number of Topliss-reactive ketones (excluding diaryl/α,β-unsaturated/α-hetero) is 1. The van der Waals surface area contributed by atoms with E-state index in [4.69, 9.17) is 12.2 Å². The van der Waals surface area contributed by atoms with Gasteiger partial charge in [0.05, 0.1) is 10.9 Å². The van der Waals surface area contributed by atoms with Gasteiger partial charge in [-0.25, -0.2) is 0 Å². The summed E-state index contributed by atoms with van der Waals surface area (Å²) in [5.74, 6) is -0.205. The van der Waals surface area contributed by atoms with Crippen LogP contribution in [0, 0.1) is 0 Å². The average Bonchev–Trinajstić information content (AvgIpc) is 3.01. The lowest BCUT2D eigenvalue weighted by atomic mass is 10.1. The van der Waals surface area contributed by atoms with Crippen molar-refractivity contribution in [1.29, 1.82) is 0 Å². The van der Waals surface area contributed by atoms with Gasteiger partial charge >= 0.3 is 0 Å². The van der Waals surface area contributed by atoms with Crippen LogP contribution in [0.15, 0.2) is 24.3 Å². The number of amides is 1. The van der Waals surface area contributed by atoms with Gasteiger partial charge in [0.15, 0.2) is 5.78 Å². The molecule has 22 heavy (non-hydrogen) atoms. The second kappa shape index (κ2) is 7.74. The smallest absolute Gasteiger partial charge is 0.237 e. The van der Waals surface area contributed by atoms with E-state index >= 15 is 0 Å². The number of ketones is 1. The molecule has 1 saturated heterocycles. The van der Waals surface area contributed by atoms with E-state index in [1.54, 1.807) is 24.3 Å². The molecule has 1 amide bonds. The first-order valence-corrected chi connectivity index (χ1v) is 8.64. The lowest BCUT2D eigenvalue weighted by Gasteiger charge is -2.20. The predicted octanol–water partition coefficient (Wildman–Crippen LogP) is 3.33. The summed E-state index contributed by atoms with van der Waals surface area (Å²) in [5.41, 5.74) is 1.08. The minimum atomic E-state index is -0.298. The molecule has 0 aliphatic carbocycles. The van der Waals surface area contributed by atoms with Crippen molar-refractivity contribution in [2.45, 2.75) is 31.9 Å². The Bertz CT molecular complexity index is 583. The number of nitrogens with one attached hydrogen (secondary N) is 1. The van der Waals surface area contributed by atoms with Crippen molar-refractivity contribution in [2.24, 2.45) is 0 Å². The van der Waals surface area contributed by atoms with Crippen LogP contribution in [0.25, 0.3) is 0 Å². The monoisotopic (exact) mass is 336 g/mol. The molecule has 0 unspecified atom stereocenters. The molecule has 0 radical (unpaired) electrons. The molecule has 1 fully saturated rings. The predicted molar refractivity (Wildman–Crippen MR) is 95.5 cm³/mol. The lowest BCUT2D eigenvalue weighted by Crippen LogP contribution is -2.29. The van der Waals surface area contributed by atoms with Crippen molar-refractivity contribution in [3.8, 4) is 0 Å². The van der Waals surface area contributed by atoms with Crippen LogP contribution in [0.1, 0.15) is 37.0 Å². The van der Waals surface area contributed by atoms with E-state index in [0.29, 0.717) is 11.3 Å². The third kappa shape index (κ3) is 4.30. The molecule has 1 aliphatic rings. The number of thioether (sulfide) groups is 1. The Kier molecular flexibility index (Phi) is 5.97. The number of thiocarbonyl (C=S) groups is 1. The van der Waals surface area contributed by atoms with Gasteiger partial charge in [-0.05, 0) is 38.8 Å². The van der Waals surface area contributed by atoms with Crippen LogP contribution in [-0.4, -0.2) is 39.3 Å². The van der Waals surface area contributed by atoms with Gasteiger partial charge in [0.1, 0.15) is 4.32 Å². The molecule has 6 heteroatoms. The van der Waals surface area contributed by atoms with Gasteiger partial charge in [0.25, 0.3) is 0 Å². The zero-order chi connectivity index (χ0) is 16.1. The number of rotatable bonds is 4. The highest BCUT2D eigenvalue weighted by Crippen LogP contribution is 2.22. The number of benzene rings is 1. The highest BCUT2D eigenvalue weighted by atomic mass is 32.2. The Labute approximate surface area is 140 Å². The Balaban J connectivity index is 1.96. The molecule has 4 nitrogen and oxygen atoms in total. The number of hydrogen-bond acceptors (Lipinski definition) is 4. The summed E-state index contributed by atoms with van der Waals surface area (Å²) < 4.78 is 0.778. The lowest BCUT2D eigenvalue weighted by molar-refractivity contribution is -0.115. The van der Waals surface area contributed by atoms with Crippen molar-refractivity contribution in [3.63, 3.8) is 0 Å². The number of likely N-dealkylation sites (tertiary alicyclic amines) is 1. The molecule has 1 aromatic carbocycles. The van der Waals surface area contributed by atoms with Crippen LogP contribution in [0.2, 0.25) is 0 Å². The first kappa shape index (κ1) is 17.0. The van der Waals surface area contributed by atoms with E-state index < -0.39 is 0 Å². The number of anilines is 1. The molecule has 1 aromatic rings. The van der Waals surface area contributed by atoms with E-state index in [2.05, 4.69) is 10.2 Å². The second-order valence-corrected chi connectivity index (χ2v) is 7.29. The van der Waals surface area contributed by atoms with Gasteiger partial charge in [-0.3, -0.25) is 9.59 Å². The van der Waals surface area contributed by atoms with Crippen LogP contribution in [0.3, 0.4) is 0 Å². The standard InChI is InChI=1S/C16H20N2O2S2/c1-11(19)13-7-3-4-8-14(13)17-15(20)12(2)22-16(21)18-9-5-6-10-18/h3-4,7-8,12H,5-6,9-10H2,1-2H3,(H,17,20)/t12-/m0/s1. The summed E-state index contributed by atoms with van der Waals surface area (Å²) in [5, 5.41) is 2.53. The molecule has 0 saturated carbocycles. The van der Waals surface area contributed by atoms with E-state index in [-0.39, 0.29) is 16.9 Å². The van der Waals surface area contributed by atoms with E-state index in [0.717, 1.165) is 30.3 Å². The van der Waals surface area contributed by atoms with Crippen molar-refractivity contribution >= 4 is 45.7 Å². The highest BCUT2D eigenvalue weighted by molar-refractivity contribution is 8.23. The normalized spacial score (nSPS) is 15.5. The Morgan fingerprint density at radius 2 is 1.91 bits per heavy atom. The Morgan fingerprint density at radius 1 is 1.27 bits per heavy atom. The summed E-state index contributed by atoms with van der Waals surface area (Å²) in [6.45, 7) is 5.28. The number of carbonyl (C=O) groups excluding carboxylic acids is 2. The quantitative estimate of drug-likeness (QED) is 0.675. The summed E-state index contributed by atoms with van der Waals surface area (Å²) in [6.07, 6.45) is 2.32. The van der Waals surface area contributed by atoms with E-state index in [1.807, 2.05) is 6.92 Å². The number of hydrogen-bond donors (Lipinski definition) is 1. The Morgan fingerprint density at radius 3 is 2.55 bits per heavy atom. The molecule has 1 N–H and O–H groups in total. The fourth-order valence-electron chi connectivity index (χ4n) is 2.31. The number of para-hydroxylation sites is 1. The van der Waals surface area contributed by atoms with Gasteiger partial charge in [0.2, 0.25) is 5.91 Å². The molecule has 0 spiro atoms. The van der Waals surface area contributed by atoms with Crippen molar-refractivity contribution < 1.29 is 9.59 Å². The third-order valence-corrected chi connectivity index (χ3v) is 5.15. The fourth-order valence-corrected chi connectivity index (χ4v) is 3.73. The van der Waals surface area contributed by atoms with Gasteiger partial charge in [-0.1, -0.05) is 36.1 Å². The van der Waals surface area contributed by atoms with Gasteiger partial charge in [-0.2, -0.15) is 0 Å². The molecule has 1 heterocycles. The maximum atomic E-state index is 12.3. The molecule has 0 aromatic heterocycles. The SMILES string of the molecule is CC(=O)c1ccccc1NC(=O)[C@H](C)SC(=S)N1CCCC1. The Hall–Kier alpha value is -1.40. The largest absolute Gasteiger partial charge is 0.358 e. The number of nitrogens with zero attached hydrogens (tertiary/aromatic N) is 1. The van der Waals surface area contributed by atoms with Crippen LogP contribution in [0.5, 0.6) is 0 Å². The van der Waals surface area contributed by atoms with Crippen LogP contribution < -0.4 is 5.32 Å². The van der Waals surface area contributed by atoms with Crippen LogP contribution in [0.4, 0.5) is 5.69 Å². The summed E-state index contributed by atoms with van der Waals surface area (Å²) in [6, 6.07) is 7.04. The van der Waals surface area contributed by atoms with Gasteiger partial charge < -0.3 is 10.2 Å². The third-order valence-electron chi connectivity index (χ3n) is 3.58. The number of carbonyl (C=O) groups is 2. The van der Waals surface area contributed by atoms with Crippen LogP contribution in [-0.2, 0) is 4.79 Å². The van der Waals surface area contributed by atoms with Crippen LogP contribution >= 0.6 is 24.0 Å². The zero-order valence-electron chi connectivity index (χ0n) is 12.8. The molecule has 0 bridgehead atoms. The fraction of sp³-hybridized carbons (Fsp3) is 0.438. The first-order valence-electron chi connectivity index (χ1n) is 7.35. The molecular weight excluding hydrogens is 316 g/mol.